The summed E-state index contributed by atoms with van der Waals surface area (Å²) in [5, 5.41) is 3.03. The number of rotatable bonds is 2. The number of alkyl halides is 2. The molecule has 0 aromatic rings. The first-order chi connectivity index (χ1) is 8.07. The van der Waals surface area contributed by atoms with E-state index in [-0.39, 0.29) is 24.7 Å². The van der Waals surface area contributed by atoms with Crippen LogP contribution >= 0.6 is 0 Å². The highest BCUT2D eigenvalue weighted by molar-refractivity contribution is 5.79. The van der Waals surface area contributed by atoms with Crippen LogP contribution in [0.5, 0.6) is 0 Å². The summed E-state index contributed by atoms with van der Waals surface area (Å²) in [7, 11) is 0. The Labute approximate surface area is 101 Å². The van der Waals surface area contributed by atoms with Crippen molar-refractivity contribution in [1.82, 2.24) is 5.32 Å². The predicted octanol–water partition coefficient (Wildman–Crippen LogP) is 3.26. The van der Waals surface area contributed by atoms with Gasteiger partial charge in [-0.25, -0.2) is 8.78 Å². The molecule has 17 heavy (non-hydrogen) atoms. The molecule has 0 aromatic carbocycles. The number of carbonyl (C=O) groups is 1. The molecule has 2 nitrogen and oxygen atoms in total. The minimum Gasteiger partial charge on any atom is -0.353 e. The minimum atomic E-state index is -2.54. The highest BCUT2D eigenvalue weighted by Crippen LogP contribution is 2.36. The van der Waals surface area contributed by atoms with E-state index in [2.05, 4.69) is 5.32 Å². The zero-order valence-corrected chi connectivity index (χ0v) is 10.2. The fraction of sp³-hybridized carbons (Fsp3) is 0.923. The highest BCUT2D eigenvalue weighted by atomic mass is 19.3. The molecule has 2 aliphatic rings. The Morgan fingerprint density at radius 2 is 1.59 bits per heavy atom. The zero-order valence-electron chi connectivity index (χ0n) is 10.2. The molecule has 98 valence electrons. The molecule has 0 heterocycles. The van der Waals surface area contributed by atoms with Gasteiger partial charge in [-0.2, -0.15) is 0 Å². The lowest BCUT2D eigenvalue weighted by molar-refractivity contribution is -0.130. The van der Waals surface area contributed by atoms with Crippen LogP contribution in [0.15, 0.2) is 0 Å². The van der Waals surface area contributed by atoms with E-state index < -0.39 is 5.92 Å². The van der Waals surface area contributed by atoms with E-state index in [1.54, 1.807) is 0 Å². The maximum Gasteiger partial charge on any atom is 0.248 e. The maximum atomic E-state index is 13.0. The monoisotopic (exact) mass is 245 g/mol. The summed E-state index contributed by atoms with van der Waals surface area (Å²) in [6, 6.07) is 0.290. The third-order valence-corrected chi connectivity index (χ3v) is 4.04. The van der Waals surface area contributed by atoms with Gasteiger partial charge in [0.05, 0.1) is 0 Å². The summed E-state index contributed by atoms with van der Waals surface area (Å²) in [5.41, 5.74) is 0. The van der Waals surface area contributed by atoms with E-state index in [0.717, 1.165) is 12.8 Å². The lowest BCUT2D eigenvalue weighted by Crippen LogP contribution is -2.42. The normalized spacial score (nSPS) is 26.7. The van der Waals surface area contributed by atoms with Gasteiger partial charge in [-0.05, 0) is 25.7 Å². The van der Waals surface area contributed by atoms with E-state index in [1.807, 2.05) is 0 Å². The van der Waals surface area contributed by atoms with Crippen molar-refractivity contribution >= 4 is 5.91 Å². The average Bonchev–Trinajstić information content (AvgIpc) is 2.30. The van der Waals surface area contributed by atoms with E-state index in [0.29, 0.717) is 18.9 Å². The number of nitrogens with one attached hydrogen (secondary N) is 1. The molecule has 1 amide bonds. The van der Waals surface area contributed by atoms with Gasteiger partial charge in [0.15, 0.2) is 0 Å². The highest BCUT2D eigenvalue weighted by Gasteiger charge is 2.37. The summed E-state index contributed by atoms with van der Waals surface area (Å²) >= 11 is 0. The summed E-state index contributed by atoms with van der Waals surface area (Å²) in [4.78, 5) is 11.9. The van der Waals surface area contributed by atoms with Gasteiger partial charge in [0.2, 0.25) is 11.8 Å². The number of hydrogen-bond donors (Lipinski definition) is 1. The summed E-state index contributed by atoms with van der Waals surface area (Å²) in [6.45, 7) is 0. The number of hydrogen-bond acceptors (Lipinski definition) is 1. The third-order valence-electron chi connectivity index (χ3n) is 4.04. The number of amides is 1. The van der Waals surface area contributed by atoms with Gasteiger partial charge < -0.3 is 5.32 Å². The molecule has 2 aliphatic carbocycles. The van der Waals surface area contributed by atoms with Gasteiger partial charge in [-0.3, -0.25) is 4.79 Å². The minimum absolute atomic E-state index is 0.00685. The third kappa shape index (κ3) is 3.65. The SMILES string of the molecule is O=C(NC1CCCCC1)C1CCC(F)(F)CC1. The van der Waals surface area contributed by atoms with Gasteiger partial charge in [0, 0.05) is 24.8 Å². The summed E-state index contributed by atoms with van der Waals surface area (Å²) < 4.78 is 25.9. The molecule has 0 bridgehead atoms. The largest absolute Gasteiger partial charge is 0.353 e. The number of carbonyl (C=O) groups excluding carboxylic acids is 1. The van der Waals surface area contributed by atoms with Crippen molar-refractivity contribution in [3.05, 3.63) is 0 Å². The topological polar surface area (TPSA) is 29.1 Å². The van der Waals surface area contributed by atoms with Crippen molar-refractivity contribution in [1.29, 1.82) is 0 Å². The Balaban J connectivity index is 1.76. The van der Waals surface area contributed by atoms with Crippen LogP contribution in [0.4, 0.5) is 8.78 Å². The molecule has 4 heteroatoms. The molecule has 0 unspecified atom stereocenters. The smallest absolute Gasteiger partial charge is 0.248 e. The quantitative estimate of drug-likeness (QED) is 0.795. The molecular weight excluding hydrogens is 224 g/mol. The van der Waals surface area contributed by atoms with E-state index >= 15 is 0 Å². The lowest BCUT2D eigenvalue weighted by Gasteiger charge is -2.30. The van der Waals surface area contributed by atoms with Crippen LogP contribution in [0.1, 0.15) is 57.8 Å². The Hall–Kier alpha value is -0.670. The van der Waals surface area contributed by atoms with Crippen molar-refractivity contribution in [2.75, 3.05) is 0 Å². The number of halogens is 2. The standard InChI is InChI=1S/C13H21F2NO/c14-13(15)8-6-10(7-9-13)12(17)16-11-4-2-1-3-5-11/h10-11H,1-9H2,(H,16,17). The Morgan fingerprint density at radius 1 is 1.00 bits per heavy atom. The molecule has 0 aromatic heterocycles. The zero-order chi connectivity index (χ0) is 12.3. The van der Waals surface area contributed by atoms with Crippen molar-refractivity contribution in [3.8, 4) is 0 Å². The molecule has 2 rings (SSSR count). The van der Waals surface area contributed by atoms with Gasteiger partial charge in [0.25, 0.3) is 0 Å². The van der Waals surface area contributed by atoms with Crippen LogP contribution in [0, 0.1) is 5.92 Å². The molecule has 2 fully saturated rings. The van der Waals surface area contributed by atoms with Gasteiger partial charge in [0.1, 0.15) is 0 Å². The molecule has 2 saturated carbocycles. The lowest BCUT2D eigenvalue weighted by atomic mass is 9.85. The van der Waals surface area contributed by atoms with E-state index in [9.17, 15) is 13.6 Å². The van der Waals surface area contributed by atoms with Crippen LogP contribution < -0.4 is 5.32 Å². The molecule has 0 atom stereocenters. The summed E-state index contributed by atoms with van der Waals surface area (Å²) in [5.74, 6) is -2.72. The van der Waals surface area contributed by atoms with Crippen LogP contribution in [0.3, 0.4) is 0 Å². The summed E-state index contributed by atoms with van der Waals surface area (Å²) in [6.07, 6.45) is 6.12. The van der Waals surface area contributed by atoms with Crippen LogP contribution in [0.25, 0.3) is 0 Å². The Bertz CT molecular complexity index is 265. The average molecular weight is 245 g/mol. The van der Waals surface area contributed by atoms with Crippen molar-refractivity contribution in [3.63, 3.8) is 0 Å². The molecule has 0 spiro atoms. The van der Waals surface area contributed by atoms with Crippen molar-refractivity contribution < 1.29 is 13.6 Å². The fourth-order valence-electron chi connectivity index (χ4n) is 2.87. The fourth-order valence-corrected chi connectivity index (χ4v) is 2.87. The van der Waals surface area contributed by atoms with Crippen molar-refractivity contribution in [2.45, 2.75) is 69.8 Å². The van der Waals surface area contributed by atoms with Gasteiger partial charge in [-0.1, -0.05) is 19.3 Å². The molecule has 1 N–H and O–H groups in total. The Kier molecular flexibility index (Phi) is 4.00. The predicted molar refractivity (Wildman–Crippen MR) is 61.9 cm³/mol. The first-order valence-corrected chi connectivity index (χ1v) is 6.75. The maximum absolute atomic E-state index is 13.0. The second-order valence-electron chi connectivity index (χ2n) is 5.47. The van der Waals surface area contributed by atoms with E-state index in [1.165, 1.54) is 19.3 Å². The first kappa shape index (κ1) is 12.8. The second kappa shape index (κ2) is 5.32. The second-order valence-corrected chi connectivity index (χ2v) is 5.47. The van der Waals surface area contributed by atoms with Crippen LogP contribution in [-0.4, -0.2) is 17.9 Å². The van der Waals surface area contributed by atoms with Crippen LogP contribution in [0.2, 0.25) is 0 Å². The molecular formula is C13H21F2NO. The Morgan fingerprint density at radius 3 is 2.18 bits per heavy atom. The van der Waals surface area contributed by atoms with Crippen LogP contribution in [-0.2, 0) is 4.79 Å². The van der Waals surface area contributed by atoms with Gasteiger partial charge in [-0.15, -0.1) is 0 Å². The van der Waals surface area contributed by atoms with Crippen molar-refractivity contribution in [2.24, 2.45) is 5.92 Å². The first-order valence-electron chi connectivity index (χ1n) is 6.75. The molecule has 0 radical (unpaired) electrons. The van der Waals surface area contributed by atoms with E-state index in [4.69, 9.17) is 0 Å². The van der Waals surface area contributed by atoms with Gasteiger partial charge >= 0.3 is 0 Å². The molecule has 0 saturated heterocycles. The molecule has 0 aliphatic heterocycles.